The number of hydrogen-bond donors (Lipinski definition) is 5. The van der Waals surface area contributed by atoms with Crippen molar-refractivity contribution in [3.63, 3.8) is 0 Å². The minimum atomic E-state index is -2.74. The molecule has 2 saturated heterocycles. The molecule has 2 bridgehead atoms. The van der Waals surface area contributed by atoms with Crippen molar-refractivity contribution in [1.82, 2.24) is 14.5 Å². The van der Waals surface area contributed by atoms with Crippen molar-refractivity contribution in [1.29, 1.82) is 0 Å². The lowest BCUT2D eigenvalue weighted by molar-refractivity contribution is -0.170. The van der Waals surface area contributed by atoms with Crippen LogP contribution in [0.3, 0.4) is 0 Å². The highest BCUT2D eigenvalue weighted by Crippen LogP contribution is 2.34. The highest BCUT2D eigenvalue weighted by Gasteiger charge is 2.41. The van der Waals surface area contributed by atoms with Crippen molar-refractivity contribution in [2.24, 2.45) is 0 Å². The van der Waals surface area contributed by atoms with Gasteiger partial charge in [0.25, 0.3) is 0 Å². The Morgan fingerprint density at radius 2 is 1.58 bits per heavy atom. The van der Waals surface area contributed by atoms with Gasteiger partial charge in [0.05, 0.1) is 23.9 Å². The standard InChI is InChI=1S/C17H21N3O3.C6H8O7/c1-19-11-5-4-6-12(19)10-13(9-11)23-17(22)20-15-8-3-2-7-14(15)18-16(20)21;7-3(8)1-6(13,5(11)12)2-4(9)10/h2-3,7-8,11-13H,4-6,9-10H2,1H3,(H,18,21);13H,1-2H2,(H,7,8)(H,9,10)(H,11,12). The van der Waals surface area contributed by atoms with Crippen molar-refractivity contribution in [2.75, 3.05) is 7.05 Å². The van der Waals surface area contributed by atoms with Crippen LogP contribution in [-0.4, -0.2) is 89.7 Å². The smallest absolute Gasteiger partial charge is 0.423 e. The number of aromatic nitrogens is 2. The first-order valence-electron chi connectivity index (χ1n) is 11.4. The number of benzene rings is 1. The summed E-state index contributed by atoms with van der Waals surface area (Å²) in [6.07, 6.45) is 2.33. The molecule has 0 amide bonds. The van der Waals surface area contributed by atoms with Gasteiger partial charge in [-0.2, -0.15) is 4.57 Å². The van der Waals surface area contributed by atoms with Gasteiger partial charge in [0.2, 0.25) is 0 Å². The zero-order valence-corrected chi connectivity index (χ0v) is 19.6. The molecule has 2 aliphatic heterocycles. The largest absolute Gasteiger partial charge is 0.481 e. The van der Waals surface area contributed by atoms with Gasteiger partial charge in [-0.25, -0.2) is 14.4 Å². The molecule has 5 N–H and O–H groups in total. The van der Waals surface area contributed by atoms with E-state index >= 15 is 0 Å². The number of carboxylic acids is 3. The van der Waals surface area contributed by atoms with Crippen LogP contribution in [0.5, 0.6) is 0 Å². The van der Waals surface area contributed by atoms with E-state index in [-0.39, 0.29) is 6.10 Å². The lowest BCUT2D eigenvalue weighted by atomic mass is 9.83. The molecule has 2 fully saturated rings. The highest BCUT2D eigenvalue weighted by molar-refractivity contribution is 5.88. The first-order valence-corrected chi connectivity index (χ1v) is 11.4. The molecule has 2 unspecified atom stereocenters. The summed E-state index contributed by atoms with van der Waals surface area (Å²) in [5, 5.41) is 33.8. The Balaban J connectivity index is 0.000000240. The molecular weight excluding hydrogens is 478 g/mol. The first kappa shape index (κ1) is 26.9. The van der Waals surface area contributed by atoms with Gasteiger partial charge in [-0.05, 0) is 32.0 Å². The molecule has 1 aromatic heterocycles. The van der Waals surface area contributed by atoms with Crippen LogP contribution in [-0.2, 0) is 19.1 Å². The number of nitrogens with one attached hydrogen (secondary N) is 1. The van der Waals surface area contributed by atoms with E-state index in [0.717, 1.165) is 30.3 Å². The molecule has 13 nitrogen and oxygen atoms in total. The minimum Gasteiger partial charge on any atom is -0.481 e. The number of imidazole rings is 1. The van der Waals surface area contributed by atoms with Crippen LogP contribution < -0.4 is 5.69 Å². The summed E-state index contributed by atoms with van der Waals surface area (Å²) >= 11 is 0. The summed E-state index contributed by atoms with van der Waals surface area (Å²) in [7, 11) is 2.16. The SMILES string of the molecule is CN1C2CCCC1CC(OC(=O)n1c(=O)[nH]c3ccccc31)C2.O=C(O)CC(O)(CC(=O)O)C(=O)O. The van der Waals surface area contributed by atoms with E-state index < -0.39 is 48.1 Å². The van der Waals surface area contributed by atoms with Crippen LogP contribution in [0.4, 0.5) is 4.79 Å². The van der Waals surface area contributed by atoms with E-state index in [0.29, 0.717) is 23.1 Å². The third-order valence-electron chi connectivity index (χ3n) is 6.62. The highest BCUT2D eigenvalue weighted by atomic mass is 16.6. The summed E-state index contributed by atoms with van der Waals surface area (Å²) in [4.78, 5) is 60.2. The number of aromatic amines is 1. The molecule has 1 aromatic carbocycles. The van der Waals surface area contributed by atoms with E-state index in [1.807, 2.05) is 6.07 Å². The van der Waals surface area contributed by atoms with E-state index in [9.17, 15) is 24.0 Å². The van der Waals surface area contributed by atoms with Crippen molar-refractivity contribution >= 4 is 35.0 Å². The van der Waals surface area contributed by atoms with Gasteiger partial charge in [0.15, 0.2) is 5.60 Å². The molecule has 2 aliphatic rings. The number of H-pyrrole nitrogens is 1. The van der Waals surface area contributed by atoms with Crippen molar-refractivity contribution in [3.8, 4) is 0 Å². The Morgan fingerprint density at radius 3 is 2.11 bits per heavy atom. The molecule has 2 aromatic rings. The number of fused-ring (bicyclic) bond motifs is 3. The lowest BCUT2D eigenvalue weighted by Crippen LogP contribution is -2.52. The third-order valence-corrected chi connectivity index (χ3v) is 6.62. The van der Waals surface area contributed by atoms with E-state index in [1.54, 1.807) is 18.2 Å². The second-order valence-corrected chi connectivity index (χ2v) is 9.14. The molecule has 0 aliphatic carbocycles. The van der Waals surface area contributed by atoms with Crippen LogP contribution in [0, 0.1) is 0 Å². The maximum Gasteiger partial charge on any atom is 0.423 e. The second-order valence-electron chi connectivity index (χ2n) is 9.14. The fourth-order valence-corrected chi connectivity index (χ4v) is 4.81. The zero-order chi connectivity index (χ0) is 26.6. The number of piperidine rings is 2. The lowest BCUT2D eigenvalue weighted by Gasteiger charge is -2.46. The zero-order valence-electron chi connectivity index (χ0n) is 19.6. The summed E-state index contributed by atoms with van der Waals surface area (Å²) in [5.41, 5.74) is -1.97. The molecule has 2 atom stereocenters. The second kappa shape index (κ2) is 10.9. The summed E-state index contributed by atoms with van der Waals surface area (Å²) in [6, 6.07) is 8.13. The van der Waals surface area contributed by atoms with Gasteiger partial charge >= 0.3 is 29.7 Å². The van der Waals surface area contributed by atoms with Gasteiger partial charge in [-0.15, -0.1) is 0 Å². The maximum absolute atomic E-state index is 12.5. The summed E-state index contributed by atoms with van der Waals surface area (Å²) < 4.78 is 6.79. The number of aliphatic carboxylic acids is 3. The van der Waals surface area contributed by atoms with Gasteiger partial charge in [0.1, 0.15) is 6.10 Å². The van der Waals surface area contributed by atoms with E-state index in [1.165, 1.54) is 6.42 Å². The molecule has 13 heteroatoms. The van der Waals surface area contributed by atoms with Crippen LogP contribution in [0.25, 0.3) is 11.0 Å². The van der Waals surface area contributed by atoms with Gasteiger partial charge in [0, 0.05) is 24.9 Å². The fourth-order valence-electron chi connectivity index (χ4n) is 4.81. The average Bonchev–Trinajstić information content (AvgIpc) is 3.09. The van der Waals surface area contributed by atoms with Crippen LogP contribution in [0.15, 0.2) is 29.1 Å². The number of carbonyl (C=O) groups is 4. The predicted molar refractivity (Wildman–Crippen MR) is 124 cm³/mol. The number of rotatable bonds is 6. The topological polar surface area (TPSA) is 199 Å². The molecule has 0 saturated carbocycles. The van der Waals surface area contributed by atoms with Gasteiger partial charge < -0.3 is 35.0 Å². The molecule has 3 heterocycles. The van der Waals surface area contributed by atoms with Crippen molar-refractivity contribution < 1.29 is 44.3 Å². The number of aliphatic hydroxyl groups is 1. The molecular formula is C23H29N3O10. The van der Waals surface area contributed by atoms with E-state index in [2.05, 4.69) is 16.9 Å². The fraction of sp³-hybridized carbons (Fsp3) is 0.522. The third kappa shape index (κ3) is 6.10. The van der Waals surface area contributed by atoms with E-state index in [4.69, 9.17) is 25.2 Å². The predicted octanol–water partition coefficient (Wildman–Crippen LogP) is 1.08. The Kier molecular flexibility index (Phi) is 8.15. The quantitative estimate of drug-likeness (QED) is 0.375. The normalized spacial score (nSPS) is 21.8. The molecule has 36 heavy (non-hydrogen) atoms. The number of hydrogen-bond acceptors (Lipinski definition) is 8. The van der Waals surface area contributed by atoms with Crippen LogP contribution in [0.1, 0.15) is 44.9 Å². The first-order chi connectivity index (χ1) is 16.9. The maximum atomic E-state index is 12.5. The Bertz CT molecular complexity index is 1170. The monoisotopic (exact) mass is 507 g/mol. The minimum absolute atomic E-state index is 0.102. The summed E-state index contributed by atoms with van der Waals surface area (Å²) in [6.45, 7) is 0. The molecule has 196 valence electrons. The number of nitrogens with zero attached hydrogens (tertiary/aromatic N) is 2. The molecule has 4 rings (SSSR count). The number of carboxylic acid groups (broad SMARTS) is 3. The molecule has 0 spiro atoms. The van der Waals surface area contributed by atoms with Crippen LogP contribution >= 0.6 is 0 Å². The molecule has 0 radical (unpaired) electrons. The Morgan fingerprint density at radius 1 is 1.03 bits per heavy atom. The Hall–Kier alpha value is -3.71. The van der Waals surface area contributed by atoms with Crippen molar-refractivity contribution in [2.45, 2.75) is 68.7 Å². The number of carbonyl (C=O) groups excluding carboxylic acids is 1. The van der Waals surface area contributed by atoms with Gasteiger partial charge in [-0.3, -0.25) is 9.59 Å². The number of para-hydroxylation sites is 2. The Labute approximate surface area is 204 Å². The summed E-state index contributed by atoms with van der Waals surface area (Å²) in [5.74, 6) is -5.02. The van der Waals surface area contributed by atoms with Crippen molar-refractivity contribution in [3.05, 3.63) is 34.7 Å². The number of ether oxygens (including phenoxy) is 1. The van der Waals surface area contributed by atoms with Gasteiger partial charge in [-0.1, -0.05) is 18.6 Å². The van der Waals surface area contributed by atoms with Crippen LogP contribution in [0.2, 0.25) is 0 Å². The average molecular weight is 507 g/mol.